The van der Waals surface area contributed by atoms with Gasteiger partial charge in [-0.1, -0.05) is 18.2 Å². The van der Waals surface area contributed by atoms with Crippen molar-refractivity contribution in [2.45, 2.75) is 18.7 Å². The van der Waals surface area contributed by atoms with E-state index in [-0.39, 0.29) is 16.6 Å². The fourth-order valence-electron chi connectivity index (χ4n) is 2.90. The molecule has 0 fully saturated rings. The number of anilines is 2. The second-order valence-corrected chi connectivity index (χ2v) is 9.23. The van der Waals surface area contributed by atoms with Crippen molar-refractivity contribution < 1.29 is 22.7 Å². The molecule has 0 heterocycles. The first kappa shape index (κ1) is 25.0. The zero-order chi connectivity index (χ0) is 24.6. The Hall–Kier alpha value is -3.63. The number of amides is 1. The van der Waals surface area contributed by atoms with Gasteiger partial charge in [0.2, 0.25) is 0 Å². The Balaban J connectivity index is 1.52. The van der Waals surface area contributed by atoms with Crippen LogP contribution in [0.2, 0.25) is 0 Å². The van der Waals surface area contributed by atoms with E-state index in [1.165, 1.54) is 12.1 Å². The quantitative estimate of drug-likeness (QED) is 0.381. The minimum atomic E-state index is -3.78. The third kappa shape index (κ3) is 7.19. The van der Waals surface area contributed by atoms with Crippen LogP contribution in [0, 0.1) is 6.92 Å². The summed E-state index contributed by atoms with van der Waals surface area (Å²) in [6.07, 6.45) is 0. The second-order valence-electron chi connectivity index (χ2n) is 7.14. The minimum Gasteiger partial charge on any atom is -0.494 e. The van der Waals surface area contributed by atoms with Gasteiger partial charge in [0.05, 0.1) is 11.5 Å². The molecule has 0 unspecified atom stereocenters. The number of benzene rings is 3. The van der Waals surface area contributed by atoms with E-state index in [9.17, 15) is 13.2 Å². The van der Waals surface area contributed by atoms with E-state index < -0.39 is 15.9 Å². The molecule has 0 saturated heterocycles. The van der Waals surface area contributed by atoms with E-state index in [1.807, 2.05) is 32.0 Å². The van der Waals surface area contributed by atoms with Gasteiger partial charge in [0.1, 0.15) is 11.5 Å². The summed E-state index contributed by atoms with van der Waals surface area (Å²) in [7, 11) is -3.78. The molecule has 1 amide bonds. The predicted octanol–water partition coefficient (Wildman–Crippen LogP) is 4.09. The molecule has 34 heavy (non-hydrogen) atoms. The number of ether oxygens (including phenoxy) is 2. The maximum Gasteiger partial charge on any atom is 0.264 e. The number of carbonyl (C=O) groups is 1. The topological polar surface area (TPSA) is 106 Å². The molecule has 3 N–H and O–H groups in total. The van der Waals surface area contributed by atoms with Crippen molar-refractivity contribution in [3.8, 4) is 11.5 Å². The van der Waals surface area contributed by atoms with Crippen LogP contribution in [0.4, 0.5) is 11.4 Å². The van der Waals surface area contributed by atoms with E-state index >= 15 is 0 Å². The summed E-state index contributed by atoms with van der Waals surface area (Å²) < 4.78 is 38.7. The van der Waals surface area contributed by atoms with E-state index in [2.05, 4.69) is 15.4 Å². The molecule has 10 heteroatoms. The Labute approximate surface area is 204 Å². The predicted molar refractivity (Wildman–Crippen MR) is 136 cm³/mol. The highest BCUT2D eigenvalue weighted by atomic mass is 32.2. The highest BCUT2D eigenvalue weighted by molar-refractivity contribution is 7.92. The fraction of sp³-hybridized carbons (Fsp3) is 0.167. The molecule has 0 saturated carbocycles. The highest BCUT2D eigenvalue weighted by Gasteiger charge is 2.14. The standard InChI is InChI=1S/C24H25N3O5S2/c1-3-31-20-12-8-19(9-13-20)27-34(29,30)21-14-10-18(11-15-21)25-24(33)26-23(28)16-32-22-7-5-4-6-17(22)2/h4-15,27H,3,16H2,1-2H3,(H2,25,26,28,33). The molecule has 178 valence electrons. The smallest absolute Gasteiger partial charge is 0.264 e. The van der Waals surface area contributed by atoms with E-state index in [4.69, 9.17) is 21.7 Å². The van der Waals surface area contributed by atoms with Crippen LogP contribution >= 0.6 is 12.2 Å². The van der Waals surface area contributed by atoms with Gasteiger partial charge in [-0.15, -0.1) is 0 Å². The summed E-state index contributed by atoms with van der Waals surface area (Å²) in [5.41, 5.74) is 1.86. The molecule has 0 aromatic heterocycles. The van der Waals surface area contributed by atoms with Crippen molar-refractivity contribution in [3.05, 3.63) is 78.4 Å². The summed E-state index contributed by atoms with van der Waals surface area (Å²) >= 11 is 5.15. The lowest BCUT2D eigenvalue weighted by Crippen LogP contribution is -2.37. The summed E-state index contributed by atoms with van der Waals surface area (Å²) in [5.74, 6) is 0.859. The summed E-state index contributed by atoms with van der Waals surface area (Å²) in [6, 6.07) is 20.0. The van der Waals surface area contributed by atoms with Gasteiger partial charge in [-0.25, -0.2) is 8.42 Å². The number of carbonyl (C=O) groups excluding carboxylic acids is 1. The van der Waals surface area contributed by atoms with Gasteiger partial charge in [-0.3, -0.25) is 14.8 Å². The Morgan fingerprint density at radius 1 is 0.912 bits per heavy atom. The maximum absolute atomic E-state index is 12.6. The molecule has 0 atom stereocenters. The Morgan fingerprint density at radius 3 is 2.21 bits per heavy atom. The van der Waals surface area contributed by atoms with Gasteiger partial charge in [-0.2, -0.15) is 0 Å². The van der Waals surface area contributed by atoms with Crippen molar-refractivity contribution in [1.82, 2.24) is 5.32 Å². The lowest BCUT2D eigenvalue weighted by molar-refractivity contribution is -0.121. The summed E-state index contributed by atoms with van der Waals surface area (Å²) in [5, 5.41) is 5.44. The molecule has 3 aromatic carbocycles. The van der Waals surface area contributed by atoms with Gasteiger partial charge in [0, 0.05) is 11.4 Å². The summed E-state index contributed by atoms with van der Waals surface area (Å²) in [4.78, 5) is 12.2. The molecule has 0 aliphatic rings. The third-order valence-electron chi connectivity index (χ3n) is 4.55. The Morgan fingerprint density at radius 2 is 1.56 bits per heavy atom. The van der Waals surface area contributed by atoms with Crippen molar-refractivity contribution in [2.24, 2.45) is 0 Å². The molecule has 3 aromatic rings. The van der Waals surface area contributed by atoms with Crippen molar-refractivity contribution in [3.63, 3.8) is 0 Å². The maximum atomic E-state index is 12.6. The number of sulfonamides is 1. The Kier molecular flexibility index (Phi) is 8.44. The molecule has 0 aliphatic heterocycles. The fourth-order valence-corrected chi connectivity index (χ4v) is 4.19. The zero-order valence-corrected chi connectivity index (χ0v) is 20.3. The van der Waals surface area contributed by atoms with Crippen LogP contribution < -0.4 is 24.8 Å². The van der Waals surface area contributed by atoms with Crippen LogP contribution in [0.25, 0.3) is 0 Å². The van der Waals surface area contributed by atoms with Gasteiger partial charge < -0.3 is 14.8 Å². The number of thiocarbonyl (C=S) groups is 1. The molecule has 0 aliphatic carbocycles. The Bertz CT molecular complexity index is 1240. The van der Waals surface area contributed by atoms with Gasteiger partial charge in [-0.05, 0) is 86.2 Å². The summed E-state index contributed by atoms with van der Waals surface area (Å²) in [6.45, 7) is 4.09. The van der Waals surface area contributed by atoms with E-state index in [0.29, 0.717) is 29.5 Å². The lowest BCUT2D eigenvalue weighted by Gasteiger charge is -2.12. The molecule has 0 radical (unpaired) electrons. The van der Waals surface area contributed by atoms with Crippen molar-refractivity contribution in [1.29, 1.82) is 0 Å². The van der Waals surface area contributed by atoms with Crippen molar-refractivity contribution >= 4 is 44.6 Å². The molecule has 8 nitrogen and oxygen atoms in total. The van der Waals surface area contributed by atoms with Gasteiger partial charge in [0.15, 0.2) is 11.7 Å². The monoisotopic (exact) mass is 499 g/mol. The molecule has 0 bridgehead atoms. The number of para-hydroxylation sites is 1. The largest absolute Gasteiger partial charge is 0.494 e. The average Bonchev–Trinajstić information content (AvgIpc) is 2.80. The number of rotatable bonds is 9. The SMILES string of the molecule is CCOc1ccc(NS(=O)(=O)c2ccc(NC(=S)NC(=O)COc3ccccc3C)cc2)cc1. The van der Waals surface area contributed by atoms with Crippen LogP contribution in [0.5, 0.6) is 11.5 Å². The number of hydrogen-bond acceptors (Lipinski definition) is 6. The first-order valence-corrected chi connectivity index (χ1v) is 12.3. The number of aryl methyl sites for hydroxylation is 1. The number of nitrogens with one attached hydrogen (secondary N) is 3. The second kappa shape index (κ2) is 11.5. The first-order valence-electron chi connectivity index (χ1n) is 10.4. The molecule has 0 spiro atoms. The normalized spacial score (nSPS) is 10.8. The third-order valence-corrected chi connectivity index (χ3v) is 6.15. The minimum absolute atomic E-state index is 0.0708. The van der Waals surface area contributed by atoms with Gasteiger partial charge in [0.25, 0.3) is 15.9 Å². The highest BCUT2D eigenvalue weighted by Crippen LogP contribution is 2.21. The molecular weight excluding hydrogens is 474 g/mol. The van der Waals surface area contributed by atoms with Crippen molar-refractivity contribution in [2.75, 3.05) is 23.3 Å². The molecular formula is C24H25N3O5S2. The van der Waals surface area contributed by atoms with Crippen LogP contribution in [-0.2, 0) is 14.8 Å². The number of hydrogen-bond donors (Lipinski definition) is 3. The van der Waals surface area contributed by atoms with E-state index in [1.54, 1.807) is 42.5 Å². The molecule has 3 rings (SSSR count). The van der Waals surface area contributed by atoms with Crippen LogP contribution in [0.3, 0.4) is 0 Å². The zero-order valence-electron chi connectivity index (χ0n) is 18.7. The van der Waals surface area contributed by atoms with Crippen LogP contribution in [-0.4, -0.2) is 32.7 Å². The average molecular weight is 500 g/mol. The lowest BCUT2D eigenvalue weighted by atomic mass is 10.2. The first-order chi connectivity index (χ1) is 16.3. The van der Waals surface area contributed by atoms with Crippen LogP contribution in [0.1, 0.15) is 12.5 Å². The van der Waals surface area contributed by atoms with Crippen LogP contribution in [0.15, 0.2) is 77.7 Å². The van der Waals surface area contributed by atoms with Gasteiger partial charge >= 0.3 is 0 Å². The van der Waals surface area contributed by atoms with E-state index in [0.717, 1.165) is 5.56 Å².